The molecule has 1 aliphatic carbocycles. The molecule has 0 unspecified atom stereocenters. The summed E-state index contributed by atoms with van der Waals surface area (Å²) in [5, 5.41) is 3.17. The summed E-state index contributed by atoms with van der Waals surface area (Å²) in [6.45, 7) is 0. The van der Waals surface area contributed by atoms with Gasteiger partial charge in [0.2, 0.25) is 12.4 Å². The predicted molar refractivity (Wildman–Crippen MR) is 99.4 cm³/mol. The molecule has 3 N–H and O–H groups in total. The second kappa shape index (κ2) is 6.18. The van der Waals surface area contributed by atoms with Crippen molar-refractivity contribution in [3.63, 3.8) is 0 Å². The first-order valence-electron chi connectivity index (χ1n) is 7.92. The summed E-state index contributed by atoms with van der Waals surface area (Å²) in [7, 11) is 0. The number of halogens is 1. The Bertz CT molecular complexity index is 973. The maximum atomic E-state index is 10.9. The van der Waals surface area contributed by atoms with Gasteiger partial charge in [-0.15, -0.1) is 0 Å². The van der Waals surface area contributed by atoms with Crippen LogP contribution in [0, 0.1) is 0 Å². The van der Waals surface area contributed by atoms with Crippen molar-refractivity contribution in [2.45, 2.75) is 12.8 Å². The van der Waals surface area contributed by atoms with Gasteiger partial charge in [0.1, 0.15) is 0 Å². The Morgan fingerprint density at radius 3 is 2.68 bits per heavy atom. The largest absolute Gasteiger partial charge is 0.368 e. The molecule has 6 heteroatoms. The molecule has 0 radical (unpaired) electrons. The van der Waals surface area contributed by atoms with E-state index >= 15 is 0 Å². The second-order valence-electron chi connectivity index (χ2n) is 5.87. The number of benzene rings is 2. The van der Waals surface area contributed by atoms with Crippen molar-refractivity contribution in [2.24, 2.45) is 0 Å². The lowest BCUT2D eigenvalue weighted by Gasteiger charge is -2.23. The van der Waals surface area contributed by atoms with Crippen LogP contribution in [0.25, 0.3) is 22.4 Å². The third kappa shape index (κ3) is 2.72. The highest BCUT2D eigenvalue weighted by molar-refractivity contribution is 6.33. The highest BCUT2D eigenvalue weighted by atomic mass is 35.5. The van der Waals surface area contributed by atoms with Crippen LogP contribution in [-0.2, 0) is 17.6 Å². The third-order valence-electron chi connectivity index (χ3n) is 4.36. The normalized spacial score (nSPS) is 12.2. The fourth-order valence-electron chi connectivity index (χ4n) is 3.28. The highest BCUT2D eigenvalue weighted by Crippen LogP contribution is 2.42. The average molecular weight is 351 g/mol. The van der Waals surface area contributed by atoms with Crippen LogP contribution in [0.1, 0.15) is 11.3 Å². The van der Waals surface area contributed by atoms with E-state index in [0.29, 0.717) is 17.1 Å². The van der Waals surface area contributed by atoms with E-state index in [1.54, 1.807) is 0 Å². The minimum Gasteiger partial charge on any atom is -0.368 e. The molecule has 0 saturated carbocycles. The number of hydrogen-bond donors (Lipinski definition) is 2. The van der Waals surface area contributed by atoms with Crippen molar-refractivity contribution in [2.75, 3.05) is 11.1 Å². The van der Waals surface area contributed by atoms with Crippen LogP contribution in [0.3, 0.4) is 0 Å². The Hall–Kier alpha value is -2.92. The number of nitrogen functional groups attached to an aromatic ring is 1. The quantitative estimate of drug-likeness (QED) is 0.705. The molecule has 0 saturated heterocycles. The lowest BCUT2D eigenvalue weighted by Crippen LogP contribution is -2.12. The average Bonchev–Trinajstić information content (AvgIpc) is 2.62. The van der Waals surface area contributed by atoms with E-state index in [4.69, 9.17) is 17.3 Å². The van der Waals surface area contributed by atoms with Crippen molar-refractivity contribution in [3.8, 4) is 22.4 Å². The van der Waals surface area contributed by atoms with Gasteiger partial charge < -0.3 is 11.1 Å². The lowest BCUT2D eigenvalue weighted by molar-refractivity contribution is -0.105. The van der Waals surface area contributed by atoms with E-state index in [2.05, 4.69) is 15.3 Å². The van der Waals surface area contributed by atoms with Crippen molar-refractivity contribution in [1.29, 1.82) is 0 Å². The number of hydrogen-bond acceptors (Lipinski definition) is 4. The van der Waals surface area contributed by atoms with Crippen LogP contribution in [0.2, 0.25) is 5.02 Å². The van der Waals surface area contributed by atoms with Gasteiger partial charge in [-0.2, -0.15) is 0 Å². The van der Waals surface area contributed by atoms with E-state index < -0.39 is 0 Å². The fraction of sp³-hybridized carbons (Fsp3) is 0.105. The maximum Gasteiger partial charge on any atom is 0.220 e. The number of amides is 1. The molecule has 124 valence electrons. The molecule has 25 heavy (non-hydrogen) atoms. The van der Waals surface area contributed by atoms with Gasteiger partial charge in [-0.05, 0) is 36.1 Å². The summed E-state index contributed by atoms with van der Waals surface area (Å²) >= 11 is 6.28. The number of anilines is 2. The van der Waals surface area contributed by atoms with E-state index in [1.165, 1.54) is 0 Å². The molecule has 0 atom stereocenters. The zero-order valence-corrected chi connectivity index (χ0v) is 14.0. The van der Waals surface area contributed by atoms with Crippen molar-refractivity contribution >= 4 is 29.6 Å². The van der Waals surface area contributed by atoms with Gasteiger partial charge in [0.15, 0.2) is 0 Å². The lowest BCUT2D eigenvalue weighted by atomic mass is 9.85. The molecule has 4 rings (SSSR count). The molecule has 1 aliphatic rings. The first-order valence-corrected chi connectivity index (χ1v) is 8.30. The van der Waals surface area contributed by atoms with Crippen LogP contribution < -0.4 is 11.1 Å². The zero-order chi connectivity index (χ0) is 17.4. The van der Waals surface area contributed by atoms with Gasteiger partial charge in [-0.25, -0.2) is 9.97 Å². The van der Waals surface area contributed by atoms with Crippen molar-refractivity contribution in [3.05, 3.63) is 58.7 Å². The van der Waals surface area contributed by atoms with Crippen LogP contribution in [0.4, 0.5) is 11.6 Å². The van der Waals surface area contributed by atoms with Crippen LogP contribution >= 0.6 is 11.6 Å². The summed E-state index contributed by atoms with van der Waals surface area (Å²) in [5.41, 5.74) is 12.2. The number of carbonyl (C=O) groups is 1. The fourth-order valence-corrected chi connectivity index (χ4v) is 3.52. The standard InChI is InChI=1S/C19H15ClN4O/c20-14-8-12-6-7-15-17(13(12)9-16(14)22-10-25)18(24-19(21)23-15)11-4-2-1-3-5-11/h1-5,8-10H,6-7H2,(H,22,25)(H2,21,23,24). The summed E-state index contributed by atoms with van der Waals surface area (Å²) in [4.78, 5) is 19.8. The maximum absolute atomic E-state index is 10.9. The molecule has 1 heterocycles. The second-order valence-corrected chi connectivity index (χ2v) is 6.28. The highest BCUT2D eigenvalue weighted by Gasteiger charge is 2.24. The molecular formula is C19H15ClN4O. The molecule has 5 nitrogen and oxygen atoms in total. The number of aryl methyl sites for hydroxylation is 2. The number of nitrogens with two attached hydrogens (primary N) is 1. The zero-order valence-electron chi connectivity index (χ0n) is 13.3. The summed E-state index contributed by atoms with van der Waals surface area (Å²) in [5.74, 6) is 0.265. The van der Waals surface area contributed by atoms with Gasteiger partial charge >= 0.3 is 0 Å². The molecule has 0 spiro atoms. The molecule has 0 fully saturated rings. The molecule has 3 aromatic rings. The Morgan fingerprint density at radius 2 is 1.92 bits per heavy atom. The Balaban J connectivity index is 2.00. The monoisotopic (exact) mass is 350 g/mol. The summed E-state index contributed by atoms with van der Waals surface area (Å²) in [6.07, 6.45) is 2.20. The van der Waals surface area contributed by atoms with Crippen LogP contribution in [-0.4, -0.2) is 16.4 Å². The molecule has 2 aromatic carbocycles. The smallest absolute Gasteiger partial charge is 0.220 e. The molecule has 1 aromatic heterocycles. The van der Waals surface area contributed by atoms with Gasteiger partial charge in [0.25, 0.3) is 0 Å². The third-order valence-corrected chi connectivity index (χ3v) is 4.67. The van der Waals surface area contributed by atoms with Gasteiger partial charge in [-0.1, -0.05) is 41.9 Å². The Morgan fingerprint density at radius 1 is 1.12 bits per heavy atom. The SMILES string of the molecule is Nc1nc2c(c(-c3ccccc3)n1)-c1cc(NC=O)c(Cl)cc1CC2. The molecule has 0 bridgehead atoms. The van der Waals surface area contributed by atoms with Crippen molar-refractivity contribution in [1.82, 2.24) is 9.97 Å². The minimum absolute atomic E-state index is 0.265. The molecule has 1 amide bonds. The Kier molecular flexibility index (Phi) is 3.86. The topological polar surface area (TPSA) is 80.9 Å². The van der Waals surface area contributed by atoms with E-state index in [-0.39, 0.29) is 5.95 Å². The number of nitrogens with one attached hydrogen (secondary N) is 1. The van der Waals surface area contributed by atoms with Gasteiger partial charge in [-0.3, -0.25) is 4.79 Å². The van der Waals surface area contributed by atoms with Gasteiger partial charge in [0, 0.05) is 11.1 Å². The number of fused-ring (bicyclic) bond motifs is 3. The summed E-state index contributed by atoms with van der Waals surface area (Å²) < 4.78 is 0. The number of nitrogens with zero attached hydrogens (tertiary/aromatic N) is 2. The van der Waals surface area contributed by atoms with Crippen LogP contribution in [0.5, 0.6) is 0 Å². The Labute approximate surface area is 149 Å². The summed E-state index contributed by atoms with van der Waals surface area (Å²) in [6, 6.07) is 13.7. The number of aromatic nitrogens is 2. The number of carbonyl (C=O) groups excluding carboxylic acids is 1. The molecule has 0 aliphatic heterocycles. The first kappa shape index (κ1) is 15.6. The van der Waals surface area contributed by atoms with E-state index in [9.17, 15) is 4.79 Å². The van der Waals surface area contributed by atoms with E-state index in [0.717, 1.165) is 46.5 Å². The molecular weight excluding hydrogens is 336 g/mol. The minimum atomic E-state index is 0.265. The number of rotatable bonds is 3. The predicted octanol–water partition coefficient (Wildman–Crippen LogP) is 3.71. The van der Waals surface area contributed by atoms with Crippen molar-refractivity contribution < 1.29 is 4.79 Å². The van der Waals surface area contributed by atoms with E-state index in [1.807, 2.05) is 42.5 Å². The van der Waals surface area contributed by atoms with Gasteiger partial charge in [0.05, 0.1) is 22.1 Å². The first-order chi connectivity index (χ1) is 12.2. The van der Waals surface area contributed by atoms with Crippen LogP contribution in [0.15, 0.2) is 42.5 Å².